The third-order valence-corrected chi connectivity index (χ3v) is 7.95. The Hall–Kier alpha value is -2.16. The highest BCUT2D eigenvalue weighted by Gasteiger charge is 2.46. The summed E-state index contributed by atoms with van der Waals surface area (Å²) in [5.41, 5.74) is -0.812. The minimum atomic E-state index is -4.54. The molecule has 1 N–H and O–H groups in total. The maximum Gasteiger partial charge on any atom is 0.418 e. The maximum absolute atomic E-state index is 13.7. The van der Waals surface area contributed by atoms with E-state index in [1.54, 1.807) is 4.90 Å². The summed E-state index contributed by atoms with van der Waals surface area (Å²) in [6.07, 6.45) is -2.03. The fourth-order valence-electron chi connectivity index (χ4n) is 5.67. The van der Waals surface area contributed by atoms with Gasteiger partial charge in [-0.25, -0.2) is 22.9 Å². The Morgan fingerprint density at radius 2 is 1.82 bits per heavy atom. The first-order valence-electron chi connectivity index (χ1n) is 12.7. The summed E-state index contributed by atoms with van der Waals surface area (Å²) in [6.45, 7) is 0.299. The van der Waals surface area contributed by atoms with E-state index in [0.29, 0.717) is 38.6 Å². The molecule has 0 spiro atoms. The predicted molar refractivity (Wildman–Crippen MR) is 131 cm³/mol. The van der Waals surface area contributed by atoms with Crippen molar-refractivity contribution in [2.24, 2.45) is 0 Å². The van der Waals surface area contributed by atoms with Crippen LogP contribution in [0.3, 0.4) is 0 Å². The van der Waals surface area contributed by atoms with Crippen molar-refractivity contribution in [3.63, 3.8) is 0 Å². The van der Waals surface area contributed by atoms with Gasteiger partial charge < -0.3 is 19.1 Å². The monoisotopic (exact) mass is 564 g/mol. The highest BCUT2D eigenvalue weighted by Crippen LogP contribution is 2.41. The van der Waals surface area contributed by atoms with Gasteiger partial charge in [0.2, 0.25) is 15.9 Å². The minimum Gasteiger partial charge on any atom is -0.474 e. The van der Waals surface area contributed by atoms with Crippen molar-refractivity contribution in [3.05, 3.63) is 23.4 Å². The second-order valence-electron chi connectivity index (χ2n) is 10.5. The van der Waals surface area contributed by atoms with Crippen LogP contribution >= 0.6 is 0 Å². The van der Waals surface area contributed by atoms with Crippen LogP contribution < -0.4 is 9.46 Å². The van der Waals surface area contributed by atoms with Crippen molar-refractivity contribution >= 4 is 16.1 Å². The lowest BCUT2D eigenvalue weighted by molar-refractivity contribution is -0.138. The molecule has 1 aliphatic carbocycles. The Bertz CT molecular complexity index is 1100. The zero-order valence-electron chi connectivity index (χ0n) is 21.7. The number of ether oxygens (including phenoxy) is 3. The molecule has 38 heavy (non-hydrogen) atoms. The largest absolute Gasteiger partial charge is 0.474 e. The molecule has 10 nitrogen and oxygen atoms in total. The number of amides is 1. The van der Waals surface area contributed by atoms with Gasteiger partial charge in [0.15, 0.2) is 0 Å². The Balaban J connectivity index is 1.61. The summed E-state index contributed by atoms with van der Waals surface area (Å²) in [5, 5.41) is 0. The van der Waals surface area contributed by atoms with Gasteiger partial charge in [0, 0.05) is 30.6 Å². The lowest BCUT2D eigenvalue weighted by atomic mass is 9.83. The van der Waals surface area contributed by atoms with Gasteiger partial charge in [-0.1, -0.05) is 0 Å². The summed E-state index contributed by atoms with van der Waals surface area (Å²) >= 11 is 0. The zero-order valence-corrected chi connectivity index (χ0v) is 22.6. The number of sulfonamides is 1. The van der Waals surface area contributed by atoms with E-state index < -0.39 is 45.9 Å². The molecule has 1 amide bonds. The topological polar surface area (TPSA) is 110 Å². The number of rotatable bonds is 4. The summed E-state index contributed by atoms with van der Waals surface area (Å²) in [5.74, 6) is -0.357. The number of nitrogens with zero attached hydrogens (tertiary/aromatic N) is 3. The van der Waals surface area contributed by atoms with E-state index in [4.69, 9.17) is 14.2 Å². The molecule has 1 saturated carbocycles. The molecule has 0 aromatic carbocycles. The second kappa shape index (κ2) is 11.5. The molecule has 3 aliphatic heterocycles. The first-order valence-corrected chi connectivity index (χ1v) is 14.6. The maximum atomic E-state index is 13.7. The first-order chi connectivity index (χ1) is 17.8. The minimum absolute atomic E-state index is 0.0384. The van der Waals surface area contributed by atoms with E-state index in [9.17, 15) is 26.4 Å². The summed E-state index contributed by atoms with van der Waals surface area (Å²) in [7, 11) is 0.158. The molecule has 2 fully saturated rings. The van der Waals surface area contributed by atoms with E-state index in [0.717, 1.165) is 12.3 Å². The number of nitrogens with one attached hydrogen (secondary N) is 1. The highest BCUT2D eigenvalue weighted by molar-refractivity contribution is 7.88. The average molecular weight is 565 g/mol. The molecule has 4 heterocycles. The first kappa shape index (κ1) is 28.8. The second-order valence-corrected chi connectivity index (χ2v) is 12.3. The molecule has 5 rings (SSSR count). The molecular weight excluding hydrogens is 529 g/mol. The smallest absolute Gasteiger partial charge is 0.418 e. The normalized spacial score (nSPS) is 29.2. The highest BCUT2D eigenvalue weighted by atomic mass is 32.2. The predicted octanol–water partition coefficient (Wildman–Crippen LogP) is 2.59. The Kier molecular flexibility index (Phi) is 8.75. The van der Waals surface area contributed by atoms with Gasteiger partial charge in [0.05, 0.1) is 36.3 Å². The van der Waals surface area contributed by atoms with Crippen molar-refractivity contribution in [1.29, 1.82) is 0 Å². The van der Waals surface area contributed by atoms with Gasteiger partial charge in [0.25, 0.3) is 0 Å². The summed E-state index contributed by atoms with van der Waals surface area (Å²) < 4.78 is 85.2. The molecular formula is C24H35F3N4O6S. The number of carbonyl (C=O) groups excluding carboxylic acids is 1. The Labute approximate surface area is 220 Å². The van der Waals surface area contributed by atoms with Crippen LogP contribution in [0.4, 0.5) is 18.0 Å². The van der Waals surface area contributed by atoms with Crippen molar-refractivity contribution in [1.82, 2.24) is 19.5 Å². The van der Waals surface area contributed by atoms with Crippen molar-refractivity contribution < 1.29 is 40.6 Å². The number of aromatic nitrogens is 1. The summed E-state index contributed by atoms with van der Waals surface area (Å²) in [4.78, 5) is 20.9. The number of halogens is 3. The van der Waals surface area contributed by atoms with Crippen molar-refractivity contribution in [2.45, 2.75) is 68.4 Å². The van der Waals surface area contributed by atoms with Gasteiger partial charge in [-0.3, -0.25) is 4.90 Å². The average Bonchev–Trinajstić information content (AvgIpc) is 3.13. The van der Waals surface area contributed by atoms with Gasteiger partial charge >= 0.3 is 12.3 Å². The molecule has 1 aromatic rings. The number of likely N-dealkylation sites (N-methyl/N-ethyl adjacent to an activating group) is 1. The van der Waals surface area contributed by atoms with Gasteiger partial charge in [0.1, 0.15) is 13.2 Å². The quantitative estimate of drug-likeness (QED) is 0.595. The molecule has 14 heteroatoms. The molecule has 1 aromatic heterocycles. The number of hydrogen-bond donors (Lipinski definition) is 1. The van der Waals surface area contributed by atoms with E-state index in [2.05, 4.69) is 9.71 Å². The van der Waals surface area contributed by atoms with Gasteiger partial charge in [-0.15, -0.1) is 0 Å². The lowest BCUT2D eigenvalue weighted by Crippen LogP contribution is -2.52. The molecule has 0 radical (unpaired) electrons. The number of alkyl halides is 3. The van der Waals surface area contributed by atoms with Crippen LogP contribution in [0.2, 0.25) is 0 Å². The molecule has 4 bridgehead atoms. The van der Waals surface area contributed by atoms with E-state index in [1.807, 2.05) is 19.0 Å². The van der Waals surface area contributed by atoms with Crippen LogP contribution in [0.1, 0.15) is 49.3 Å². The lowest BCUT2D eigenvalue weighted by Gasteiger charge is -2.34. The number of hydrogen-bond acceptors (Lipinski definition) is 8. The molecule has 1 saturated heterocycles. The number of fused-ring (bicyclic) bond motifs is 7. The van der Waals surface area contributed by atoms with Crippen molar-refractivity contribution in [2.75, 3.05) is 46.7 Å². The standard InChI is InChI=1S/C24H35F3N4O6S/c1-30(2)13-16-12-19(29-38(3,33)34)20-14-37-17-6-4-15(5-7-17)22-18(24(25,26)27)8-9-21(28-22)35-10-11-36-23(32)31(16)20/h8-9,15-17,19-20,29H,4-7,10-14H2,1-3H3/t15?,16-,17?,19-,20-/m0/s1. The third kappa shape index (κ3) is 7.07. The van der Waals surface area contributed by atoms with Crippen LogP contribution in [-0.4, -0.2) is 100 Å². The molecule has 4 aliphatic rings. The Morgan fingerprint density at radius 3 is 2.45 bits per heavy atom. The fourth-order valence-corrected chi connectivity index (χ4v) is 6.47. The molecule has 3 atom stereocenters. The third-order valence-electron chi connectivity index (χ3n) is 7.22. The van der Waals surface area contributed by atoms with Crippen molar-refractivity contribution in [3.8, 4) is 5.88 Å². The van der Waals surface area contributed by atoms with Crippen LogP contribution in [0.15, 0.2) is 12.1 Å². The summed E-state index contributed by atoms with van der Waals surface area (Å²) in [6, 6.07) is 0.662. The number of carbonyl (C=O) groups is 1. The zero-order chi connectivity index (χ0) is 27.7. The van der Waals surface area contributed by atoms with Crippen LogP contribution in [0, 0.1) is 0 Å². The van der Waals surface area contributed by atoms with Gasteiger partial charge in [-0.05, 0) is 52.3 Å². The number of pyridine rings is 1. The van der Waals surface area contributed by atoms with Crippen LogP contribution in [-0.2, 0) is 25.7 Å². The van der Waals surface area contributed by atoms with Crippen LogP contribution in [0.5, 0.6) is 5.88 Å². The van der Waals surface area contributed by atoms with Crippen LogP contribution in [0.25, 0.3) is 0 Å². The van der Waals surface area contributed by atoms with Gasteiger partial charge in [-0.2, -0.15) is 13.2 Å². The molecule has 0 unspecified atom stereocenters. The van der Waals surface area contributed by atoms with E-state index >= 15 is 0 Å². The molecule has 214 valence electrons. The fraction of sp³-hybridized carbons (Fsp3) is 0.750. The SMILES string of the molecule is CN(C)C[C@@H]1C[C@H](NS(C)(=O)=O)[C@@H]2COC3CCC(CC3)c3nc(ccc3C(F)(F)F)OCCOC(=O)N12. The van der Waals surface area contributed by atoms with E-state index in [1.165, 1.54) is 6.07 Å². The van der Waals surface area contributed by atoms with E-state index in [-0.39, 0.29) is 43.5 Å². The Morgan fingerprint density at radius 1 is 1.13 bits per heavy atom.